The van der Waals surface area contributed by atoms with Crippen LogP contribution in [0.15, 0.2) is 24.3 Å². The second-order valence-corrected chi connectivity index (χ2v) is 5.55. The summed E-state index contributed by atoms with van der Waals surface area (Å²) < 4.78 is 0. The smallest absolute Gasteiger partial charge is 0.243 e. The maximum absolute atomic E-state index is 4.54. The van der Waals surface area contributed by atoms with Gasteiger partial charge in [0.25, 0.3) is 0 Å². The molecule has 2 bridgehead atoms. The van der Waals surface area contributed by atoms with Gasteiger partial charge in [0.05, 0.1) is 5.52 Å². The van der Waals surface area contributed by atoms with Crippen LogP contribution in [0.4, 0.5) is 5.95 Å². The van der Waals surface area contributed by atoms with E-state index in [4.69, 9.17) is 0 Å². The third-order valence-electron chi connectivity index (χ3n) is 4.41. The Hall–Kier alpha value is -1.71. The van der Waals surface area contributed by atoms with Crippen molar-refractivity contribution in [2.45, 2.75) is 31.7 Å². The summed E-state index contributed by atoms with van der Waals surface area (Å²) in [6.45, 7) is 0. The molecular weight excluding hydrogens is 224 g/mol. The molecule has 1 heterocycles. The molecule has 1 aromatic carbocycles. The molecule has 3 atom stereocenters. The molecule has 2 aliphatic carbocycles. The summed E-state index contributed by atoms with van der Waals surface area (Å²) in [5, 5.41) is 11.9. The largest absolute Gasteiger partial charge is 0.350 e. The lowest BCUT2D eigenvalue weighted by Gasteiger charge is -2.22. The fourth-order valence-corrected chi connectivity index (χ4v) is 3.53. The van der Waals surface area contributed by atoms with Gasteiger partial charge in [-0.15, -0.1) is 10.2 Å². The number of fused-ring (bicyclic) bond motifs is 3. The molecule has 92 valence electrons. The minimum Gasteiger partial charge on any atom is -0.350 e. The summed E-state index contributed by atoms with van der Waals surface area (Å²) in [7, 11) is 0. The highest BCUT2D eigenvalue weighted by atomic mass is 15.2. The number of rotatable bonds is 2. The van der Waals surface area contributed by atoms with Crippen LogP contribution >= 0.6 is 0 Å². The summed E-state index contributed by atoms with van der Waals surface area (Å²) in [4.78, 5) is 4.54. The molecule has 2 aromatic rings. The van der Waals surface area contributed by atoms with Gasteiger partial charge >= 0.3 is 0 Å². The molecule has 18 heavy (non-hydrogen) atoms. The second-order valence-electron chi connectivity index (χ2n) is 5.55. The Morgan fingerprint density at radius 1 is 1.00 bits per heavy atom. The Kier molecular flexibility index (Phi) is 2.22. The summed E-state index contributed by atoms with van der Waals surface area (Å²) in [6.07, 6.45) is 5.45. The van der Waals surface area contributed by atoms with E-state index in [2.05, 4.69) is 20.5 Å². The first-order valence-electron chi connectivity index (χ1n) is 6.74. The zero-order valence-corrected chi connectivity index (χ0v) is 10.2. The lowest BCUT2D eigenvalue weighted by atomic mass is 9.95. The van der Waals surface area contributed by atoms with Gasteiger partial charge in [-0.05, 0) is 43.2 Å². The van der Waals surface area contributed by atoms with Crippen LogP contribution in [0.2, 0.25) is 0 Å². The molecular formula is C14H16N4. The van der Waals surface area contributed by atoms with E-state index in [-0.39, 0.29) is 0 Å². The van der Waals surface area contributed by atoms with Crippen LogP contribution < -0.4 is 5.32 Å². The monoisotopic (exact) mass is 240 g/mol. The molecule has 4 heteroatoms. The van der Waals surface area contributed by atoms with Gasteiger partial charge in [-0.1, -0.05) is 18.6 Å². The number of anilines is 1. The van der Waals surface area contributed by atoms with Gasteiger partial charge in [0.2, 0.25) is 5.95 Å². The number of nitrogens with zero attached hydrogens (tertiary/aromatic N) is 3. The Bertz CT molecular complexity index is 583. The van der Waals surface area contributed by atoms with Gasteiger partial charge < -0.3 is 5.32 Å². The summed E-state index contributed by atoms with van der Waals surface area (Å²) in [6, 6.07) is 8.43. The van der Waals surface area contributed by atoms with E-state index >= 15 is 0 Å². The number of hydrogen-bond acceptors (Lipinski definition) is 4. The van der Waals surface area contributed by atoms with Crippen molar-refractivity contribution in [1.29, 1.82) is 0 Å². The third-order valence-corrected chi connectivity index (χ3v) is 4.41. The van der Waals surface area contributed by atoms with E-state index in [1.54, 1.807) is 0 Å². The van der Waals surface area contributed by atoms with E-state index in [1.807, 2.05) is 24.3 Å². The van der Waals surface area contributed by atoms with Crippen LogP contribution in [0.1, 0.15) is 25.7 Å². The Balaban J connectivity index is 1.59. The highest BCUT2D eigenvalue weighted by Gasteiger charge is 2.39. The van der Waals surface area contributed by atoms with E-state index in [1.165, 1.54) is 25.7 Å². The van der Waals surface area contributed by atoms with Crippen LogP contribution in [0.25, 0.3) is 11.0 Å². The number of para-hydroxylation sites is 1. The molecule has 2 saturated carbocycles. The number of benzene rings is 1. The van der Waals surface area contributed by atoms with Crippen LogP contribution in [-0.2, 0) is 0 Å². The molecule has 1 N–H and O–H groups in total. The van der Waals surface area contributed by atoms with Gasteiger partial charge in [-0.3, -0.25) is 0 Å². The van der Waals surface area contributed by atoms with Crippen molar-refractivity contribution in [2.24, 2.45) is 11.8 Å². The molecule has 2 aliphatic rings. The Morgan fingerprint density at radius 2 is 1.89 bits per heavy atom. The van der Waals surface area contributed by atoms with E-state index < -0.39 is 0 Å². The number of nitrogens with one attached hydrogen (secondary N) is 1. The fourth-order valence-electron chi connectivity index (χ4n) is 3.53. The highest BCUT2D eigenvalue weighted by Crippen LogP contribution is 2.45. The average molecular weight is 240 g/mol. The van der Waals surface area contributed by atoms with Crippen LogP contribution in [0.5, 0.6) is 0 Å². The quantitative estimate of drug-likeness (QED) is 0.876. The molecule has 2 fully saturated rings. The fraction of sp³-hybridized carbons (Fsp3) is 0.500. The van der Waals surface area contributed by atoms with Gasteiger partial charge in [-0.2, -0.15) is 0 Å². The molecule has 0 amide bonds. The minimum atomic E-state index is 0.562. The van der Waals surface area contributed by atoms with Crippen molar-refractivity contribution in [3.63, 3.8) is 0 Å². The first-order valence-corrected chi connectivity index (χ1v) is 6.74. The summed E-state index contributed by atoms with van der Waals surface area (Å²) in [5.74, 6) is 2.44. The minimum absolute atomic E-state index is 0.562. The molecule has 4 nitrogen and oxygen atoms in total. The van der Waals surface area contributed by atoms with Gasteiger partial charge in [0.15, 0.2) is 0 Å². The lowest BCUT2D eigenvalue weighted by molar-refractivity contribution is 0.437. The first-order chi connectivity index (χ1) is 8.88. The van der Waals surface area contributed by atoms with Crippen LogP contribution in [0.3, 0.4) is 0 Å². The Labute approximate surface area is 106 Å². The molecule has 0 aliphatic heterocycles. The zero-order valence-electron chi connectivity index (χ0n) is 10.2. The standard InChI is InChI=1S/C14H16N4/c1-2-4-12-11(3-1)15-14(18-17-12)16-13-8-9-5-6-10(13)7-9/h1-4,9-10,13H,5-8H2,(H,15,16,18). The first kappa shape index (κ1) is 10.2. The molecule has 0 spiro atoms. The second kappa shape index (κ2) is 3.90. The van der Waals surface area contributed by atoms with Crippen molar-refractivity contribution in [3.8, 4) is 0 Å². The maximum Gasteiger partial charge on any atom is 0.243 e. The predicted molar refractivity (Wildman–Crippen MR) is 70.2 cm³/mol. The van der Waals surface area contributed by atoms with E-state index in [0.717, 1.165) is 22.9 Å². The normalized spacial score (nSPS) is 29.9. The van der Waals surface area contributed by atoms with Crippen molar-refractivity contribution in [1.82, 2.24) is 15.2 Å². The van der Waals surface area contributed by atoms with Gasteiger partial charge in [-0.25, -0.2) is 4.98 Å². The number of aromatic nitrogens is 3. The molecule has 3 unspecified atom stereocenters. The van der Waals surface area contributed by atoms with Gasteiger partial charge in [0.1, 0.15) is 5.52 Å². The molecule has 0 saturated heterocycles. The lowest BCUT2D eigenvalue weighted by Crippen LogP contribution is -2.27. The van der Waals surface area contributed by atoms with Gasteiger partial charge in [0, 0.05) is 6.04 Å². The van der Waals surface area contributed by atoms with E-state index in [9.17, 15) is 0 Å². The van der Waals surface area contributed by atoms with Crippen molar-refractivity contribution < 1.29 is 0 Å². The number of hydrogen-bond donors (Lipinski definition) is 1. The van der Waals surface area contributed by atoms with Crippen molar-refractivity contribution in [2.75, 3.05) is 5.32 Å². The van der Waals surface area contributed by atoms with Crippen LogP contribution in [-0.4, -0.2) is 21.2 Å². The molecule has 1 aromatic heterocycles. The highest BCUT2D eigenvalue weighted by molar-refractivity contribution is 5.74. The Morgan fingerprint density at radius 3 is 2.67 bits per heavy atom. The molecule has 4 rings (SSSR count). The maximum atomic E-state index is 4.54. The SMILES string of the molecule is c1ccc2nc(NC3CC4CCC3C4)nnc2c1. The van der Waals surface area contributed by atoms with E-state index in [0.29, 0.717) is 12.0 Å². The summed E-state index contributed by atoms with van der Waals surface area (Å²) in [5.41, 5.74) is 1.77. The third kappa shape index (κ3) is 1.64. The zero-order chi connectivity index (χ0) is 11.9. The predicted octanol–water partition coefficient (Wildman–Crippen LogP) is 2.63. The average Bonchev–Trinajstić information content (AvgIpc) is 3.01. The summed E-state index contributed by atoms with van der Waals surface area (Å²) >= 11 is 0. The van der Waals surface area contributed by atoms with Crippen LogP contribution in [0, 0.1) is 11.8 Å². The molecule has 0 radical (unpaired) electrons. The topological polar surface area (TPSA) is 50.7 Å². The van der Waals surface area contributed by atoms with Crippen molar-refractivity contribution in [3.05, 3.63) is 24.3 Å². The van der Waals surface area contributed by atoms with Crippen molar-refractivity contribution >= 4 is 17.0 Å².